The second kappa shape index (κ2) is 7.78. The smallest absolute Gasteiger partial charge is 0.321 e. The molecule has 0 unspecified atom stereocenters. The van der Waals surface area contributed by atoms with Crippen molar-refractivity contribution in [2.45, 2.75) is 18.8 Å². The number of benzene rings is 2. The summed E-state index contributed by atoms with van der Waals surface area (Å²) in [4.78, 5) is 14.4. The van der Waals surface area contributed by atoms with Crippen molar-refractivity contribution in [3.63, 3.8) is 0 Å². The van der Waals surface area contributed by atoms with E-state index in [-0.39, 0.29) is 6.03 Å². The molecule has 1 aliphatic heterocycles. The summed E-state index contributed by atoms with van der Waals surface area (Å²) >= 11 is 0. The second-order valence-corrected chi connectivity index (χ2v) is 8.33. The molecule has 1 saturated heterocycles. The Morgan fingerprint density at radius 3 is 2.54 bits per heavy atom. The van der Waals surface area contributed by atoms with E-state index in [9.17, 15) is 13.2 Å². The first kappa shape index (κ1) is 18.3. The summed E-state index contributed by atoms with van der Waals surface area (Å²) in [7, 11) is -3.35. The number of hydrogen-bond donors (Lipinski definition) is 2. The standard InChI is InChI=1S/C19H23N3O3S/c1-26(24,25)21-18-11-5-10-17(13-18)20-19(23)22-12-6-9-16(14-22)15-7-3-2-4-8-15/h2-5,7-8,10-11,13,16,21H,6,9,12,14H2,1H3,(H,20,23)/t16-/m1/s1. The van der Waals surface area contributed by atoms with Crippen molar-refractivity contribution in [1.29, 1.82) is 0 Å². The van der Waals surface area contributed by atoms with Crippen LogP contribution in [0.2, 0.25) is 0 Å². The van der Waals surface area contributed by atoms with Gasteiger partial charge >= 0.3 is 6.03 Å². The lowest BCUT2D eigenvalue weighted by Crippen LogP contribution is -2.41. The van der Waals surface area contributed by atoms with E-state index >= 15 is 0 Å². The predicted molar refractivity (Wildman–Crippen MR) is 104 cm³/mol. The molecule has 2 aromatic carbocycles. The zero-order valence-electron chi connectivity index (χ0n) is 14.7. The van der Waals surface area contributed by atoms with E-state index in [4.69, 9.17) is 0 Å². The number of hydrogen-bond acceptors (Lipinski definition) is 3. The quantitative estimate of drug-likeness (QED) is 0.861. The van der Waals surface area contributed by atoms with Gasteiger partial charge in [-0.3, -0.25) is 4.72 Å². The lowest BCUT2D eigenvalue weighted by Gasteiger charge is -2.33. The summed E-state index contributed by atoms with van der Waals surface area (Å²) in [6.45, 7) is 1.40. The fourth-order valence-electron chi connectivity index (χ4n) is 3.24. The highest BCUT2D eigenvalue weighted by molar-refractivity contribution is 7.92. The third kappa shape index (κ3) is 4.98. The first-order valence-corrected chi connectivity index (χ1v) is 10.5. The highest BCUT2D eigenvalue weighted by Gasteiger charge is 2.24. The van der Waals surface area contributed by atoms with Crippen LogP contribution in [0, 0.1) is 0 Å². The third-order valence-electron chi connectivity index (χ3n) is 4.40. The molecule has 1 atom stereocenters. The Balaban J connectivity index is 1.65. The Morgan fingerprint density at radius 2 is 1.81 bits per heavy atom. The van der Waals surface area contributed by atoms with Gasteiger partial charge in [0.1, 0.15) is 0 Å². The van der Waals surface area contributed by atoms with Crippen LogP contribution in [0.1, 0.15) is 24.3 Å². The lowest BCUT2D eigenvalue weighted by atomic mass is 9.91. The van der Waals surface area contributed by atoms with E-state index in [1.807, 2.05) is 23.1 Å². The van der Waals surface area contributed by atoms with Crippen molar-refractivity contribution in [3.8, 4) is 0 Å². The van der Waals surface area contributed by atoms with Crippen molar-refractivity contribution >= 4 is 27.4 Å². The number of anilines is 2. The van der Waals surface area contributed by atoms with Crippen molar-refractivity contribution in [1.82, 2.24) is 4.90 Å². The molecule has 1 heterocycles. The fraction of sp³-hybridized carbons (Fsp3) is 0.316. The van der Waals surface area contributed by atoms with Gasteiger partial charge in [0.25, 0.3) is 0 Å². The molecule has 2 N–H and O–H groups in total. The predicted octanol–water partition coefficient (Wildman–Crippen LogP) is 3.47. The summed E-state index contributed by atoms with van der Waals surface area (Å²) < 4.78 is 25.1. The van der Waals surface area contributed by atoms with Crippen LogP contribution in [0.25, 0.3) is 0 Å². The molecular formula is C19H23N3O3S. The minimum atomic E-state index is -3.35. The first-order valence-electron chi connectivity index (χ1n) is 8.59. The molecule has 2 amide bonds. The van der Waals surface area contributed by atoms with E-state index in [1.54, 1.807) is 24.3 Å². The van der Waals surface area contributed by atoms with Crippen molar-refractivity contribution in [2.24, 2.45) is 0 Å². The summed E-state index contributed by atoms with van der Waals surface area (Å²) in [5.74, 6) is 0.342. The van der Waals surface area contributed by atoms with E-state index in [2.05, 4.69) is 22.2 Å². The van der Waals surface area contributed by atoms with Gasteiger partial charge in [0, 0.05) is 24.7 Å². The van der Waals surface area contributed by atoms with Crippen LogP contribution in [0.3, 0.4) is 0 Å². The van der Waals surface area contributed by atoms with Gasteiger partial charge in [-0.05, 0) is 36.6 Å². The van der Waals surface area contributed by atoms with Crippen LogP contribution in [0.15, 0.2) is 54.6 Å². The van der Waals surface area contributed by atoms with E-state index in [0.717, 1.165) is 25.6 Å². The Kier molecular flexibility index (Phi) is 5.46. The molecule has 6 nitrogen and oxygen atoms in total. The van der Waals surface area contributed by atoms with Gasteiger partial charge in [0.15, 0.2) is 0 Å². The van der Waals surface area contributed by atoms with Gasteiger partial charge < -0.3 is 10.2 Å². The number of amides is 2. The number of nitrogens with one attached hydrogen (secondary N) is 2. The average Bonchev–Trinajstić information content (AvgIpc) is 2.61. The highest BCUT2D eigenvalue weighted by atomic mass is 32.2. The molecule has 2 aromatic rings. The lowest BCUT2D eigenvalue weighted by molar-refractivity contribution is 0.193. The molecule has 7 heteroatoms. The second-order valence-electron chi connectivity index (χ2n) is 6.58. The van der Waals surface area contributed by atoms with Crippen LogP contribution in [-0.4, -0.2) is 38.7 Å². The van der Waals surface area contributed by atoms with E-state index < -0.39 is 10.0 Å². The molecule has 0 aromatic heterocycles. The largest absolute Gasteiger partial charge is 0.324 e. The molecule has 1 fully saturated rings. The summed E-state index contributed by atoms with van der Waals surface area (Å²) in [5.41, 5.74) is 2.24. The number of piperidine rings is 1. The number of nitrogens with zero attached hydrogens (tertiary/aromatic N) is 1. The zero-order valence-corrected chi connectivity index (χ0v) is 15.5. The van der Waals surface area contributed by atoms with Gasteiger partial charge in [-0.1, -0.05) is 36.4 Å². The number of rotatable bonds is 4. The molecule has 0 saturated carbocycles. The monoisotopic (exact) mass is 373 g/mol. The number of sulfonamides is 1. The number of likely N-dealkylation sites (tertiary alicyclic amines) is 1. The van der Waals surface area contributed by atoms with Crippen molar-refractivity contribution in [3.05, 3.63) is 60.2 Å². The third-order valence-corrected chi connectivity index (χ3v) is 5.00. The normalized spacial score (nSPS) is 17.6. The molecule has 138 valence electrons. The summed E-state index contributed by atoms with van der Waals surface area (Å²) in [5, 5.41) is 2.86. The molecular weight excluding hydrogens is 350 g/mol. The molecule has 0 spiro atoms. The van der Waals surface area contributed by atoms with Gasteiger partial charge in [-0.15, -0.1) is 0 Å². The van der Waals surface area contributed by atoms with Crippen LogP contribution >= 0.6 is 0 Å². The minimum absolute atomic E-state index is 0.165. The summed E-state index contributed by atoms with van der Waals surface area (Å²) in [6.07, 6.45) is 3.12. The molecule has 3 rings (SSSR count). The Hall–Kier alpha value is -2.54. The van der Waals surface area contributed by atoms with E-state index in [1.165, 1.54) is 5.56 Å². The van der Waals surface area contributed by atoms with Crippen LogP contribution in [0.4, 0.5) is 16.2 Å². The van der Waals surface area contributed by atoms with E-state index in [0.29, 0.717) is 23.8 Å². The maximum absolute atomic E-state index is 12.6. The van der Waals surface area contributed by atoms with Crippen molar-refractivity contribution in [2.75, 3.05) is 29.4 Å². The maximum atomic E-state index is 12.6. The molecule has 0 radical (unpaired) electrons. The molecule has 0 bridgehead atoms. The van der Waals surface area contributed by atoms with Gasteiger partial charge in [-0.2, -0.15) is 0 Å². The van der Waals surface area contributed by atoms with Crippen LogP contribution in [0.5, 0.6) is 0 Å². The van der Waals surface area contributed by atoms with Gasteiger partial charge in [-0.25, -0.2) is 13.2 Å². The minimum Gasteiger partial charge on any atom is -0.324 e. The number of urea groups is 1. The topological polar surface area (TPSA) is 78.5 Å². The summed E-state index contributed by atoms with van der Waals surface area (Å²) in [6, 6.07) is 16.8. The zero-order chi connectivity index (χ0) is 18.6. The molecule has 0 aliphatic carbocycles. The number of carbonyl (C=O) groups is 1. The van der Waals surface area contributed by atoms with Crippen LogP contribution in [-0.2, 0) is 10.0 Å². The SMILES string of the molecule is CS(=O)(=O)Nc1cccc(NC(=O)N2CCC[C@@H](c3ccccc3)C2)c1. The first-order chi connectivity index (χ1) is 12.4. The number of carbonyl (C=O) groups excluding carboxylic acids is 1. The Morgan fingerprint density at radius 1 is 1.08 bits per heavy atom. The van der Waals surface area contributed by atoms with Gasteiger partial charge in [0.2, 0.25) is 10.0 Å². The van der Waals surface area contributed by atoms with Crippen LogP contribution < -0.4 is 10.0 Å². The Labute approximate surface area is 154 Å². The fourth-order valence-corrected chi connectivity index (χ4v) is 3.79. The molecule has 1 aliphatic rings. The Bertz CT molecular complexity index is 869. The average molecular weight is 373 g/mol. The van der Waals surface area contributed by atoms with Crippen molar-refractivity contribution < 1.29 is 13.2 Å². The molecule has 26 heavy (non-hydrogen) atoms. The maximum Gasteiger partial charge on any atom is 0.321 e. The van der Waals surface area contributed by atoms with Gasteiger partial charge in [0.05, 0.1) is 11.9 Å². The highest BCUT2D eigenvalue weighted by Crippen LogP contribution is 2.27.